The third kappa shape index (κ3) is 6.06. The summed E-state index contributed by atoms with van der Waals surface area (Å²) in [6.07, 6.45) is 0. The highest BCUT2D eigenvalue weighted by atomic mass is 16.3. The fourth-order valence-corrected chi connectivity index (χ4v) is 8.06. The van der Waals surface area contributed by atoms with Crippen molar-refractivity contribution < 1.29 is 4.42 Å². The van der Waals surface area contributed by atoms with E-state index in [4.69, 9.17) is 4.42 Å². The molecule has 0 radical (unpaired) electrons. The van der Waals surface area contributed by atoms with Crippen molar-refractivity contribution in [3.63, 3.8) is 0 Å². The SMILES string of the molecule is Cc1cccc(N(c2cccc(-c3ccccc3)c2)c2cc3oc4cc(N(c5ccccc5)c5cccc(-c6ccccc6)c5)ccc4c3c3ccccc23)c1. The summed E-state index contributed by atoms with van der Waals surface area (Å²) < 4.78 is 6.94. The van der Waals surface area contributed by atoms with E-state index < -0.39 is 0 Å². The molecule has 0 fully saturated rings. The molecular formula is C53H38N2O. The van der Waals surface area contributed by atoms with Gasteiger partial charge in [-0.15, -0.1) is 0 Å². The number of para-hydroxylation sites is 1. The van der Waals surface area contributed by atoms with Gasteiger partial charge in [0, 0.05) is 56.7 Å². The summed E-state index contributed by atoms with van der Waals surface area (Å²) >= 11 is 0. The van der Waals surface area contributed by atoms with Gasteiger partial charge in [0.15, 0.2) is 0 Å². The minimum absolute atomic E-state index is 0.841. The van der Waals surface area contributed by atoms with E-state index in [1.807, 2.05) is 0 Å². The molecule has 56 heavy (non-hydrogen) atoms. The standard InChI is InChI=1S/C53H38N2O/c1-37-16-13-25-43(32-37)55(45-27-15-22-41(34-45)39-19-7-3-8-20-39)50-36-52-53(48-29-12-11-28-47(48)50)49-31-30-46(35-51(49)56-52)54(42-23-9-4-10-24-42)44-26-14-21-40(33-44)38-17-5-2-6-18-38/h2-36H,1H3. The predicted molar refractivity (Wildman–Crippen MR) is 236 cm³/mol. The number of benzene rings is 9. The van der Waals surface area contributed by atoms with Crippen LogP contribution in [0.25, 0.3) is 55.0 Å². The molecule has 0 aliphatic heterocycles. The summed E-state index contributed by atoms with van der Waals surface area (Å²) in [5.74, 6) is 0. The van der Waals surface area contributed by atoms with Gasteiger partial charge in [-0.05, 0) is 101 Å². The second-order valence-corrected chi connectivity index (χ2v) is 14.3. The molecule has 266 valence electrons. The van der Waals surface area contributed by atoms with Crippen LogP contribution in [-0.2, 0) is 0 Å². The first-order valence-corrected chi connectivity index (χ1v) is 19.1. The Hall–Kier alpha value is -7.36. The molecule has 10 rings (SSSR count). The van der Waals surface area contributed by atoms with Gasteiger partial charge in [0.1, 0.15) is 11.2 Å². The molecule has 3 nitrogen and oxygen atoms in total. The number of nitrogens with zero attached hydrogens (tertiary/aromatic N) is 2. The molecule has 0 bridgehead atoms. The summed E-state index contributed by atoms with van der Waals surface area (Å²) in [5.41, 5.74) is 14.0. The first-order valence-electron chi connectivity index (χ1n) is 19.1. The minimum Gasteiger partial charge on any atom is -0.456 e. The van der Waals surface area contributed by atoms with Gasteiger partial charge in [0.2, 0.25) is 0 Å². The normalized spacial score (nSPS) is 11.3. The zero-order valence-corrected chi connectivity index (χ0v) is 31.0. The average Bonchev–Trinajstić information content (AvgIpc) is 3.63. The Morgan fingerprint density at radius 2 is 0.821 bits per heavy atom. The first kappa shape index (κ1) is 33.2. The van der Waals surface area contributed by atoms with Gasteiger partial charge in [-0.1, -0.05) is 140 Å². The summed E-state index contributed by atoms with van der Waals surface area (Å²) in [6.45, 7) is 2.15. The number of hydrogen-bond acceptors (Lipinski definition) is 3. The predicted octanol–water partition coefficient (Wildman–Crippen LogP) is 15.3. The van der Waals surface area contributed by atoms with Crippen LogP contribution in [0.1, 0.15) is 5.56 Å². The third-order valence-corrected chi connectivity index (χ3v) is 10.6. The van der Waals surface area contributed by atoms with Gasteiger partial charge in [-0.25, -0.2) is 0 Å². The van der Waals surface area contributed by atoms with Crippen LogP contribution in [0.2, 0.25) is 0 Å². The Kier molecular flexibility index (Phi) is 8.38. The van der Waals surface area contributed by atoms with E-state index in [1.54, 1.807) is 0 Å². The molecule has 0 unspecified atom stereocenters. The Morgan fingerprint density at radius 1 is 0.321 bits per heavy atom. The van der Waals surface area contributed by atoms with Crippen molar-refractivity contribution in [3.8, 4) is 22.3 Å². The summed E-state index contributed by atoms with van der Waals surface area (Å²) in [5, 5.41) is 4.51. The number of hydrogen-bond donors (Lipinski definition) is 0. The van der Waals surface area contributed by atoms with Gasteiger partial charge < -0.3 is 14.2 Å². The van der Waals surface area contributed by atoms with Crippen LogP contribution in [0.3, 0.4) is 0 Å². The van der Waals surface area contributed by atoms with E-state index in [0.717, 1.165) is 66.8 Å². The molecule has 0 aliphatic rings. The van der Waals surface area contributed by atoms with Gasteiger partial charge in [0.25, 0.3) is 0 Å². The molecular weight excluding hydrogens is 681 g/mol. The Bertz CT molecular complexity index is 2990. The highest BCUT2D eigenvalue weighted by molar-refractivity contribution is 6.22. The zero-order chi connectivity index (χ0) is 37.4. The highest BCUT2D eigenvalue weighted by Crippen LogP contribution is 2.46. The number of fused-ring (bicyclic) bond motifs is 5. The average molecular weight is 719 g/mol. The fraction of sp³-hybridized carbons (Fsp3) is 0.0189. The molecule has 10 aromatic rings. The number of rotatable bonds is 8. The number of anilines is 6. The van der Waals surface area contributed by atoms with Crippen molar-refractivity contribution in [2.75, 3.05) is 9.80 Å². The monoisotopic (exact) mass is 718 g/mol. The van der Waals surface area contributed by atoms with Crippen LogP contribution in [0.5, 0.6) is 0 Å². The van der Waals surface area contributed by atoms with Crippen molar-refractivity contribution in [1.82, 2.24) is 0 Å². The smallest absolute Gasteiger partial charge is 0.138 e. The lowest BCUT2D eigenvalue weighted by Crippen LogP contribution is -2.11. The molecule has 3 heteroatoms. The molecule has 9 aromatic carbocycles. The lowest BCUT2D eigenvalue weighted by Gasteiger charge is -2.27. The lowest BCUT2D eigenvalue weighted by atomic mass is 9.99. The van der Waals surface area contributed by atoms with Gasteiger partial charge in [0.05, 0.1) is 5.69 Å². The van der Waals surface area contributed by atoms with Crippen molar-refractivity contribution in [1.29, 1.82) is 0 Å². The largest absolute Gasteiger partial charge is 0.456 e. The molecule has 0 spiro atoms. The van der Waals surface area contributed by atoms with E-state index in [0.29, 0.717) is 0 Å². The van der Waals surface area contributed by atoms with Crippen molar-refractivity contribution in [2.45, 2.75) is 6.92 Å². The molecule has 1 heterocycles. The van der Waals surface area contributed by atoms with Gasteiger partial charge in [-0.2, -0.15) is 0 Å². The molecule has 0 atom stereocenters. The van der Waals surface area contributed by atoms with Crippen LogP contribution in [0.15, 0.2) is 217 Å². The summed E-state index contributed by atoms with van der Waals surface area (Å²) in [7, 11) is 0. The maximum Gasteiger partial charge on any atom is 0.138 e. The fourth-order valence-electron chi connectivity index (χ4n) is 8.06. The molecule has 0 saturated carbocycles. The maximum absolute atomic E-state index is 6.94. The summed E-state index contributed by atoms with van der Waals surface area (Å²) in [6, 6.07) is 75.6. The van der Waals surface area contributed by atoms with Crippen LogP contribution >= 0.6 is 0 Å². The number of furan rings is 1. The van der Waals surface area contributed by atoms with E-state index in [1.165, 1.54) is 27.8 Å². The topological polar surface area (TPSA) is 19.6 Å². The zero-order valence-electron chi connectivity index (χ0n) is 31.0. The second kappa shape index (κ2) is 14.1. The van der Waals surface area contributed by atoms with Gasteiger partial charge >= 0.3 is 0 Å². The van der Waals surface area contributed by atoms with E-state index in [9.17, 15) is 0 Å². The van der Waals surface area contributed by atoms with Crippen LogP contribution in [0.4, 0.5) is 34.1 Å². The number of aryl methyl sites for hydroxylation is 1. The first-order chi connectivity index (χ1) is 27.7. The molecule has 0 N–H and O–H groups in total. The second-order valence-electron chi connectivity index (χ2n) is 14.3. The van der Waals surface area contributed by atoms with E-state index >= 15 is 0 Å². The maximum atomic E-state index is 6.94. The third-order valence-electron chi connectivity index (χ3n) is 10.6. The Morgan fingerprint density at radius 3 is 1.46 bits per heavy atom. The molecule has 1 aromatic heterocycles. The summed E-state index contributed by atoms with van der Waals surface area (Å²) in [4.78, 5) is 4.68. The quantitative estimate of drug-likeness (QED) is 0.156. The minimum atomic E-state index is 0.841. The lowest BCUT2D eigenvalue weighted by molar-refractivity contribution is 0.669. The Balaban J connectivity index is 1.16. The van der Waals surface area contributed by atoms with Crippen LogP contribution in [0, 0.1) is 6.92 Å². The molecule has 0 aliphatic carbocycles. The molecule has 0 amide bonds. The molecule has 0 saturated heterocycles. The van der Waals surface area contributed by atoms with E-state index in [-0.39, 0.29) is 0 Å². The Labute approximate surface area is 326 Å². The van der Waals surface area contributed by atoms with Crippen LogP contribution < -0.4 is 9.80 Å². The highest BCUT2D eigenvalue weighted by Gasteiger charge is 2.22. The van der Waals surface area contributed by atoms with Crippen molar-refractivity contribution >= 4 is 66.8 Å². The van der Waals surface area contributed by atoms with Crippen molar-refractivity contribution in [3.05, 3.63) is 218 Å². The van der Waals surface area contributed by atoms with E-state index in [2.05, 4.69) is 229 Å². The van der Waals surface area contributed by atoms with Crippen molar-refractivity contribution in [2.24, 2.45) is 0 Å². The van der Waals surface area contributed by atoms with Crippen LogP contribution in [-0.4, -0.2) is 0 Å². The van der Waals surface area contributed by atoms with Gasteiger partial charge in [-0.3, -0.25) is 0 Å².